The molecule has 4 aliphatic heterocycles. The number of benzene rings is 2. The van der Waals surface area contributed by atoms with E-state index in [9.17, 15) is 4.79 Å². The number of nitrogens with zero attached hydrogens (tertiary/aromatic N) is 4. The molecule has 1 amide bonds. The number of para-hydroxylation sites is 3. The Labute approximate surface area is 219 Å². The van der Waals surface area contributed by atoms with E-state index in [1.165, 1.54) is 31.6 Å². The number of nitrogens with one attached hydrogen (secondary N) is 2. The van der Waals surface area contributed by atoms with Gasteiger partial charge in [0.1, 0.15) is 17.1 Å². The molecule has 8 heteroatoms. The summed E-state index contributed by atoms with van der Waals surface area (Å²) in [6.45, 7) is 11.9. The third-order valence-electron chi connectivity index (χ3n) is 8.09. The van der Waals surface area contributed by atoms with Crippen molar-refractivity contribution in [2.45, 2.75) is 45.4 Å². The highest BCUT2D eigenvalue weighted by Crippen LogP contribution is 2.30. The number of hydrogen-bond acceptors (Lipinski definition) is 6. The van der Waals surface area contributed by atoms with E-state index in [0.29, 0.717) is 11.5 Å². The van der Waals surface area contributed by atoms with Crippen LogP contribution in [0.3, 0.4) is 0 Å². The number of aromatic amines is 1. The van der Waals surface area contributed by atoms with Gasteiger partial charge in [-0.1, -0.05) is 18.2 Å². The van der Waals surface area contributed by atoms with E-state index >= 15 is 0 Å². The largest absolute Gasteiger partial charge is 0.489 e. The normalized spacial score (nSPS) is 24.1. The van der Waals surface area contributed by atoms with Crippen LogP contribution >= 0.6 is 0 Å². The molecule has 1 unspecified atom stereocenters. The zero-order valence-corrected chi connectivity index (χ0v) is 21.9. The molecule has 2 aromatic carbocycles. The number of carbonyl (C=O) groups is 1. The monoisotopic (exact) mass is 502 g/mol. The number of fused-ring (bicyclic) bond motifs is 4. The predicted octanol–water partition coefficient (Wildman–Crippen LogP) is 3.50. The van der Waals surface area contributed by atoms with Gasteiger partial charge in [0.15, 0.2) is 0 Å². The number of piperidine rings is 3. The molecule has 1 aromatic heterocycles. The number of aromatic nitrogens is 2. The first kappa shape index (κ1) is 24.2. The van der Waals surface area contributed by atoms with E-state index in [1.54, 1.807) is 0 Å². The van der Waals surface area contributed by atoms with Crippen molar-refractivity contribution < 1.29 is 9.53 Å². The summed E-state index contributed by atoms with van der Waals surface area (Å²) in [5.74, 6) is 2.46. The lowest BCUT2D eigenvalue weighted by atomic mass is 9.84. The van der Waals surface area contributed by atoms with Crippen molar-refractivity contribution in [1.82, 2.24) is 25.1 Å². The van der Waals surface area contributed by atoms with Crippen LogP contribution in [0, 0.1) is 5.92 Å². The Kier molecular flexibility index (Phi) is 6.78. The molecule has 4 aliphatic rings. The SMILES string of the molecule is CC(C)Oc1ccccc1N1CCN(Cc2nc3c(C(=O)NC4CN5CCC4CC5)cccc3[nH]2)CC1. The number of anilines is 1. The fourth-order valence-corrected chi connectivity index (χ4v) is 6.15. The number of imidazole rings is 1. The molecular weight excluding hydrogens is 464 g/mol. The summed E-state index contributed by atoms with van der Waals surface area (Å²) in [6.07, 6.45) is 2.52. The van der Waals surface area contributed by atoms with Crippen molar-refractivity contribution in [3.05, 3.63) is 53.9 Å². The van der Waals surface area contributed by atoms with Crippen molar-refractivity contribution in [2.75, 3.05) is 50.7 Å². The summed E-state index contributed by atoms with van der Waals surface area (Å²) < 4.78 is 6.04. The molecule has 3 aromatic rings. The van der Waals surface area contributed by atoms with Gasteiger partial charge in [-0.15, -0.1) is 0 Å². The van der Waals surface area contributed by atoms with Crippen LogP contribution in [-0.4, -0.2) is 83.6 Å². The second kappa shape index (κ2) is 10.3. The van der Waals surface area contributed by atoms with Gasteiger partial charge in [0, 0.05) is 38.8 Å². The summed E-state index contributed by atoms with van der Waals surface area (Å²) in [4.78, 5) is 28.9. The number of rotatable bonds is 7. The lowest BCUT2D eigenvalue weighted by Gasteiger charge is -2.44. The van der Waals surface area contributed by atoms with Crippen molar-refractivity contribution >= 4 is 22.6 Å². The fourth-order valence-electron chi connectivity index (χ4n) is 6.15. The average molecular weight is 503 g/mol. The Morgan fingerprint density at radius 1 is 1.05 bits per heavy atom. The number of carbonyl (C=O) groups excluding carboxylic acids is 1. The number of piperazine rings is 1. The maximum Gasteiger partial charge on any atom is 0.253 e. The minimum absolute atomic E-state index is 0.00158. The van der Waals surface area contributed by atoms with E-state index in [2.05, 4.69) is 57.0 Å². The quantitative estimate of drug-likeness (QED) is 0.515. The summed E-state index contributed by atoms with van der Waals surface area (Å²) in [5.41, 5.74) is 3.53. The van der Waals surface area contributed by atoms with E-state index in [1.807, 2.05) is 24.3 Å². The Morgan fingerprint density at radius 2 is 1.84 bits per heavy atom. The van der Waals surface area contributed by atoms with Crippen LogP contribution in [0.25, 0.3) is 11.0 Å². The van der Waals surface area contributed by atoms with E-state index in [4.69, 9.17) is 9.72 Å². The number of ether oxygens (including phenoxy) is 1. The average Bonchev–Trinajstić information content (AvgIpc) is 3.32. The van der Waals surface area contributed by atoms with Gasteiger partial charge in [-0.05, 0) is 70.0 Å². The van der Waals surface area contributed by atoms with E-state index < -0.39 is 0 Å². The molecule has 0 spiro atoms. The minimum Gasteiger partial charge on any atom is -0.489 e. The topological polar surface area (TPSA) is 76.7 Å². The standard InChI is InChI=1S/C29H38N6O2/c1-20(2)37-26-9-4-3-8-25(26)35-16-14-34(15-17-35)19-27-30-23-7-5-6-22(28(23)32-27)29(36)31-24-18-33-12-10-21(24)11-13-33/h3-9,20-21,24H,10-19H2,1-2H3,(H,30,32)(H,31,36). The molecule has 7 rings (SSSR count). The Bertz CT molecular complexity index is 1240. The summed E-state index contributed by atoms with van der Waals surface area (Å²) in [7, 11) is 0. The summed E-state index contributed by atoms with van der Waals surface area (Å²) >= 11 is 0. The lowest BCUT2D eigenvalue weighted by molar-refractivity contribution is 0.0621. The van der Waals surface area contributed by atoms with Crippen LogP contribution in [-0.2, 0) is 6.54 Å². The van der Waals surface area contributed by atoms with Gasteiger partial charge in [0.05, 0.1) is 29.4 Å². The van der Waals surface area contributed by atoms with Crippen molar-refractivity contribution in [3.63, 3.8) is 0 Å². The van der Waals surface area contributed by atoms with Gasteiger partial charge in [-0.2, -0.15) is 0 Å². The first-order valence-electron chi connectivity index (χ1n) is 13.8. The van der Waals surface area contributed by atoms with E-state index in [-0.39, 0.29) is 18.1 Å². The molecule has 2 bridgehead atoms. The Morgan fingerprint density at radius 3 is 2.57 bits per heavy atom. The Balaban J connectivity index is 1.10. The molecule has 0 aliphatic carbocycles. The Hall–Kier alpha value is -3.10. The molecule has 8 nitrogen and oxygen atoms in total. The zero-order chi connectivity index (χ0) is 25.4. The van der Waals surface area contributed by atoms with Crippen LogP contribution < -0.4 is 15.0 Å². The molecule has 0 radical (unpaired) electrons. The van der Waals surface area contributed by atoms with Gasteiger partial charge in [0.25, 0.3) is 5.91 Å². The second-order valence-electron chi connectivity index (χ2n) is 11.0. The number of H-pyrrole nitrogens is 1. The highest BCUT2D eigenvalue weighted by Gasteiger charge is 2.35. The molecule has 2 N–H and O–H groups in total. The minimum atomic E-state index is -0.00158. The van der Waals surface area contributed by atoms with Gasteiger partial charge < -0.3 is 24.8 Å². The molecule has 196 valence electrons. The smallest absolute Gasteiger partial charge is 0.253 e. The van der Waals surface area contributed by atoms with Gasteiger partial charge in [0.2, 0.25) is 0 Å². The third kappa shape index (κ3) is 5.18. The van der Waals surface area contributed by atoms with Crippen LogP contribution in [0.2, 0.25) is 0 Å². The van der Waals surface area contributed by atoms with Crippen molar-refractivity contribution in [3.8, 4) is 5.75 Å². The first-order chi connectivity index (χ1) is 18.0. The van der Waals surface area contributed by atoms with Crippen LogP contribution in [0.5, 0.6) is 5.75 Å². The molecule has 37 heavy (non-hydrogen) atoms. The maximum atomic E-state index is 13.3. The molecule has 0 saturated carbocycles. The highest BCUT2D eigenvalue weighted by atomic mass is 16.5. The molecule has 1 atom stereocenters. The number of hydrogen-bond donors (Lipinski definition) is 2. The summed E-state index contributed by atoms with van der Waals surface area (Å²) in [5, 5.41) is 3.33. The predicted molar refractivity (Wildman–Crippen MR) is 146 cm³/mol. The van der Waals surface area contributed by atoms with Crippen molar-refractivity contribution in [1.29, 1.82) is 0 Å². The lowest BCUT2D eigenvalue weighted by Crippen LogP contribution is -2.57. The third-order valence-corrected chi connectivity index (χ3v) is 8.09. The molecule has 4 fully saturated rings. The highest BCUT2D eigenvalue weighted by molar-refractivity contribution is 6.05. The maximum absolute atomic E-state index is 13.3. The second-order valence-corrected chi connectivity index (χ2v) is 11.0. The first-order valence-corrected chi connectivity index (χ1v) is 13.8. The van der Waals surface area contributed by atoms with Crippen LogP contribution in [0.4, 0.5) is 5.69 Å². The number of amides is 1. The summed E-state index contributed by atoms with van der Waals surface area (Å²) in [6, 6.07) is 14.4. The van der Waals surface area contributed by atoms with Crippen LogP contribution in [0.1, 0.15) is 42.9 Å². The van der Waals surface area contributed by atoms with Crippen LogP contribution in [0.15, 0.2) is 42.5 Å². The van der Waals surface area contributed by atoms with Gasteiger partial charge >= 0.3 is 0 Å². The van der Waals surface area contributed by atoms with Gasteiger partial charge in [-0.3, -0.25) is 9.69 Å². The zero-order valence-electron chi connectivity index (χ0n) is 21.9. The molecular formula is C29H38N6O2. The van der Waals surface area contributed by atoms with Crippen molar-refractivity contribution in [2.24, 2.45) is 5.92 Å². The molecule has 4 saturated heterocycles. The van der Waals surface area contributed by atoms with E-state index in [0.717, 1.165) is 61.9 Å². The van der Waals surface area contributed by atoms with Gasteiger partial charge in [-0.25, -0.2) is 4.98 Å². The molecule has 5 heterocycles. The fraction of sp³-hybridized carbons (Fsp3) is 0.517.